The van der Waals surface area contributed by atoms with Crippen molar-refractivity contribution in [1.82, 2.24) is 0 Å². The molecule has 0 spiro atoms. The van der Waals surface area contributed by atoms with Gasteiger partial charge >= 0.3 is 0 Å². The second kappa shape index (κ2) is 8.57. The smallest absolute Gasteiger partial charge is 0.250 e. The molecule has 0 saturated carbocycles. The van der Waals surface area contributed by atoms with Gasteiger partial charge in [-0.2, -0.15) is 0 Å². The van der Waals surface area contributed by atoms with Crippen LogP contribution >= 0.6 is 0 Å². The molecule has 1 aliphatic heterocycles. The molecule has 1 aliphatic rings. The van der Waals surface area contributed by atoms with Gasteiger partial charge in [0.25, 0.3) is 0 Å². The molecular formula is C18H20N2O5. The van der Waals surface area contributed by atoms with Crippen LogP contribution in [0.4, 0.5) is 11.4 Å². The minimum absolute atomic E-state index is 0.0647. The summed E-state index contributed by atoms with van der Waals surface area (Å²) < 4.78 is 15.9. The Labute approximate surface area is 145 Å². The van der Waals surface area contributed by atoms with Gasteiger partial charge in [-0.3, -0.25) is 9.59 Å². The highest BCUT2D eigenvalue weighted by Gasteiger charge is 2.12. The number of carbonyl (C=O) groups excluding carboxylic acids is 2. The zero-order chi connectivity index (χ0) is 17.5. The Kier molecular flexibility index (Phi) is 5.95. The summed E-state index contributed by atoms with van der Waals surface area (Å²) in [6.45, 7) is 1.22. The number of amides is 2. The number of ether oxygens (including phenoxy) is 3. The molecule has 132 valence electrons. The number of hydrogen-bond acceptors (Lipinski definition) is 5. The Bertz CT molecular complexity index is 703. The van der Waals surface area contributed by atoms with Gasteiger partial charge in [0.15, 0.2) is 0 Å². The van der Waals surface area contributed by atoms with Crippen molar-refractivity contribution in [1.29, 1.82) is 0 Å². The van der Waals surface area contributed by atoms with Gasteiger partial charge in [-0.1, -0.05) is 24.3 Å². The van der Waals surface area contributed by atoms with E-state index in [4.69, 9.17) is 14.2 Å². The third kappa shape index (κ3) is 4.76. The summed E-state index contributed by atoms with van der Waals surface area (Å²) in [7, 11) is 0. The Morgan fingerprint density at radius 1 is 0.680 bits per heavy atom. The minimum Gasteiger partial charge on any atom is -0.377 e. The summed E-state index contributed by atoms with van der Waals surface area (Å²) in [6, 6.07) is 11.1. The van der Waals surface area contributed by atoms with E-state index >= 15 is 0 Å². The van der Waals surface area contributed by atoms with Crippen LogP contribution in [0.25, 0.3) is 10.8 Å². The monoisotopic (exact) mass is 344 g/mol. The molecule has 25 heavy (non-hydrogen) atoms. The molecule has 7 heteroatoms. The standard InChI is InChI=1S/C18H20N2O5/c21-16-11-24-9-7-23-8-10-25-12-17(22)20-15-6-2-4-13-3-1-5-14(19-16)18(13)15/h1-6H,7-12H2,(H,19,21)(H,20,22). The first-order valence-electron chi connectivity index (χ1n) is 8.09. The van der Waals surface area contributed by atoms with Crippen molar-refractivity contribution in [2.45, 2.75) is 0 Å². The maximum absolute atomic E-state index is 12.1. The molecule has 0 bridgehead atoms. The van der Waals surface area contributed by atoms with E-state index in [9.17, 15) is 9.59 Å². The van der Waals surface area contributed by atoms with Gasteiger partial charge in [0.2, 0.25) is 11.8 Å². The third-order valence-corrected chi connectivity index (χ3v) is 3.66. The van der Waals surface area contributed by atoms with Crippen molar-refractivity contribution >= 4 is 34.0 Å². The molecule has 1 heterocycles. The van der Waals surface area contributed by atoms with Gasteiger partial charge in [-0.25, -0.2) is 0 Å². The van der Waals surface area contributed by atoms with Crippen molar-refractivity contribution in [2.24, 2.45) is 0 Å². The molecule has 0 aliphatic carbocycles. The highest BCUT2D eigenvalue weighted by Crippen LogP contribution is 2.30. The minimum atomic E-state index is -0.260. The molecule has 0 saturated heterocycles. The molecule has 2 amide bonds. The SMILES string of the molecule is O=C1COCCOCCOCC(=O)Nc2cccc3cccc(c23)N1. The van der Waals surface area contributed by atoms with Gasteiger partial charge in [0.05, 0.1) is 37.8 Å². The average molecular weight is 344 g/mol. The van der Waals surface area contributed by atoms with Crippen LogP contribution in [0.1, 0.15) is 0 Å². The summed E-state index contributed by atoms with van der Waals surface area (Å²) in [5, 5.41) is 7.34. The maximum atomic E-state index is 12.1. The lowest BCUT2D eigenvalue weighted by Crippen LogP contribution is -2.22. The molecule has 0 fully saturated rings. The van der Waals surface area contributed by atoms with Gasteiger partial charge in [0, 0.05) is 5.39 Å². The lowest BCUT2D eigenvalue weighted by atomic mass is 10.1. The van der Waals surface area contributed by atoms with E-state index in [2.05, 4.69) is 10.6 Å². The van der Waals surface area contributed by atoms with E-state index in [-0.39, 0.29) is 25.0 Å². The Morgan fingerprint density at radius 2 is 1.16 bits per heavy atom. The molecule has 3 rings (SSSR count). The first kappa shape index (κ1) is 17.3. The van der Waals surface area contributed by atoms with Crippen molar-refractivity contribution in [2.75, 3.05) is 50.3 Å². The Balaban J connectivity index is 1.90. The molecule has 7 nitrogen and oxygen atoms in total. The summed E-state index contributed by atoms with van der Waals surface area (Å²) in [5.41, 5.74) is 1.23. The van der Waals surface area contributed by atoms with Crippen molar-refractivity contribution in [3.63, 3.8) is 0 Å². The fourth-order valence-electron chi connectivity index (χ4n) is 2.59. The second-order valence-electron chi connectivity index (χ2n) is 5.52. The quantitative estimate of drug-likeness (QED) is 0.761. The summed E-state index contributed by atoms with van der Waals surface area (Å²) in [5.74, 6) is -0.520. The largest absolute Gasteiger partial charge is 0.377 e. The van der Waals surface area contributed by atoms with Crippen molar-refractivity contribution in [3.8, 4) is 0 Å². The van der Waals surface area contributed by atoms with Crippen molar-refractivity contribution in [3.05, 3.63) is 36.4 Å². The Hall–Kier alpha value is -2.48. The van der Waals surface area contributed by atoms with E-state index in [1.807, 2.05) is 24.3 Å². The predicted molar refractivity (Wildman–Crippen MR) is 93.7 cm³/mol. The molecule has 2 aromatic carbocycles. The van der Waals surface area contributed by atoms with Gasteiger partial charge in [-0.15, -0.1) is 0 Å². The van der Waals surface area contributed by atoms with E-state index < -0.39 is 0 Å². The zero-order valence-electron chi connectivity index (χ0n) is 13.7. The molecule has 0 radical (unpaired) electrons. The third-order valence-electron chi connectivity index (χ3n) is 3.66. The van der Waals surface area contributed by atoms with Crippen LogP contribution in [0.2, 0.25) is 0 Å². The molecule has 2 aromatic rings. The van der Waals surface area contributed by atoms with E-state index in [1.54, 1.807) is 12.1 Å². The van der Waals surface area contributed by atoms with E-state index in [1.165, 1.54) is 0 Å². The number of rotatable bonds is 0. The van der Waals surface area contributed by atoms with Crippen LogP contribution in [0.5, 0.6) is 0 Å². The van der Waals surface area contributed by atoms with Crippen LogP contribution < -0.4 is 10.6 Å². The van der Waals surface area contributed by atoms with Crippen LogP contribution in [-0.2, 0) is 23.8 Å². The molecule has 0 unspecified atom stereocenters. The number of carbonyl (C=O) groups is 2. The lowest BCUT2D eigenvalue weighted by molar-refractivity contribution is -0.121. The number of hydrogen-bond donors (Lipinski definition) is 2. The fourth-order valence-corrected chi connectivity index (χ4v) is 2.59. The lowest BCUT2D eigenvalue weighted by Gasteiger charge is -2.14. The molecule has 2 N–H and O–H groups in total. The van der Waals surface area contributed by atoms with E-state index in [0.717, 1.165) is 10.8 Å². The number of nitrogens with one attached hydrogen (secondary N) is 2. The number of anilines is 2. The molecule has 0 atom stereocenters. The molecular weight excluding hydrogens is 324 g/mol. The Morgan fingerprint density at radius 3 is 1.68 bits per heavy atom. The van der Waals surface area contributed by atoms with E-state index in [0.29, 0.717) is 37.8 Å². The van der Waals surface area contributed by atoms with Crippen molar-refractivity contribution < 1.29 is 23.8 Å². The van der Waals surface area contributed by atoms with Crippen LogP contribution in [-0.4, -0.2) is 51.5 Å². The normalized spacial score (nSPS) is 17.8. The first-order valence-corrected chi connectivity index (χ1v) is 8.09. The summed E-state index contributed by atoms with van der Waals surface area (Å²) >= 11 is 0. The van der Waals surface area contributed by atoms with Crippen LogP contribution in [0.15, 0.2) is 36.4 Å². The van der Waals surface area contributed by atoms with Crippen LogP contribution in [0, 0.1) is 0 Å². The van der Waals surface area contributed by atoms with Gasteiger partial charge in [0.1, 0.15) is 13.2 Å². The summed E-state index contributed by atoms with van der Waals surface area (Å²) in [4.78, 5) is 24.2. The first-order chi connectivity index (χ1) is 12.2. The highest BCUT2D eigenvalue weighted by molar-refractivity contribution is 6.11. The highest BCUT2D eigenvalue weighted by atomic mass is 16.5. The predicted octanol–water partition coefficient (Wildman–Crippen LogP) is 1.78. The zero-order valence-corrected chi connectivity index (χ0v) is 13.7. The molecule has 0 aromatic heterocycles. The fraction of sp³-hybridized carbons (Fsp3) is 0.333. The van der Waals surface area contributed by atoms with Gasteiger partial charge < -0.3 is 24.8 Å². The van der Waals surface area contributed by atoms with Gasteiger partial charge in [-0.05, 0) is 17.5 Å². The van der Waals surface area contributed by atoms with Crippen LogP contribution in [0.3, 0.4) is 0 Å². The summed E-state index contributed by atoms with van der Waals surface area (Å²) in [6.07, 6.45) is 0. The maximum Gasteiger partial charge on any atom is 0.250 e. The topological polar surface area (TPSA) is 85.9 Å². The average Bonchev–Trinajstić information content (AvgIpc) is 2.60. The second-order valence-corrected chi connectivity index (χ2v) is 5.52. The number of benzene rings is 2.